The van der Waals surface area contributed by atoms with Crippen LogP contribution < -0.4 is 0 Å². The zero-order valence-electron chi connectivity index (χ0n) is 10.7. The molecule has 1 unspecified atom stereocenters. The zero-order chi connectivity index (χ0) is 13.6. The molecular formula is C14H15ClF2N2. The van der Waals surface area contributed by atoms with Crippen molar-refractivity contribution < 1.29 is 8.78 Å². The lowest BCUT2D eigenvalue weighted by molar-refractivity contribution is 0.465. The largest absolute Gasteiger partial charge is 0.322 e. The Bertz CT molecular complexity index is 619. The number of alkyl halides is 1. The molecule has 1 aliphatic carbocycles. The van der Waals surface area contributed by atoms with E-state index in [2.05, 4.69) is 4.98 Å². The van der Waals surface area contributed by atoms with Crippen LogP contribution in [-0.2, 0) is 6.42 Å². The lowest BCUT2D eigenvalue weighted by Crippen LogP contribution is -2.12. The molecule has 1 heterocycles. The van der Waals surface area contributed by atoms with Crippen molar-refractivity contribution in [2.45, 2.75) is 32.2 Å². The number of benzene rings is 1. The van der Waals surface area contributed by atoms with E-state index in [9.17, 15) is 8.78 Å². The van der Waals surface area contributed by atoms with E-state index in [-0.39, 0.29) is 11.6 Å². The van der Waals surface area contributed by atoms with E-state index in [0.29, 0.717) is 23.7 Å². The van der Waals surface area contributed by atoms with E-state index in [4.69, 9.17) is 11.6 Å². The van der Waals surface area contributed by atoms with Crippen LogP contribution in [0.2, 0.25) is 0 Å². The SMILES string of the molecule is CC(C1CC1)n1c(CCCl)nc2ccc(F)c(F)c21. The summed E-state index contributed by atoms with van der Waals surface area (Å²) in [7, 11) is 0. The predicted molar refractivity (Wildman–Crippen MR) is 71.5 cm³/mol. The van der Waals surface area contributed by atoms with Gasteiger partial charge in [0, 0.05) is 18.3 Å². The van der Waals surface area contributed by atoms with Gasteiger partial charge in [-0.1, -0.05) is 0 Å². The van der Waals surface area contributed by atoms with E-state index in [0.717, 1.165) is 24.7 Å². The first-order valence-electron chi connectivity index (χ1n) is 6.54. The molecule has 0 amide bonds. The molecule has 1 saturated carbocycles. The lowest BCUT2D eigenvalue weighted by Gasteiger charge is -2.17. The fourth-order valence-electron chi connectivity index (χ4n) is 2.66. The highest BCUT2D eigenvalue weighted by Gasteiger charge is 2.32. The standard InChI is InChI=1S/C14H15ClF2N2/c1-8(9-2-3-9)19-12(6-7-15)18-11-5-4-10(16)13(17)14(11)19/h4-5,8-9H,2-3,6-7H2,1H3. The summed E-state index contributed by atoms with van der Waals surface area (Å²) in [6.45, 7) is 2.04. The quantitative estimate of drug-likeness (QED) is 0.774. The minimum Gasteiger partial charge on any atom is -0.322 e. The highest BCUT2D eigenvalue weighted by atomic mass is 35.5. The molecule has 0 bridgehead atoms. The number of nitrogens with zero attached hydrogens (tertiary/aromatic N) is 2. The summed E-state index contributed by atoms with van der Waals surface area (Å²) >= 11 is 5.79. The van der Waals surface area contributed by atoms with Crippen LogP contribution >= 0.6 is 11.6 Å². The van der Waals surface area contributed by atoms with Crippen LogP contribution in [0, 0.1) is 17.6 Å². The van der Waals surface area contributed by atoms with E-state index < -0.39 is 11.6 Å². The molecule has 1 aromatic carbocycles. The summed E-state index contributed by atoms with van der Waals surface area (Å²) in [5.41, 5.74) is 0.783. The molecule has 0 radical (unpaired) electrons. The summed E-state index contributed by atoms with van der Waals surface area (Å²) in [4.78, 5) is 4.41. The van der Waals surface area contributed by atoms with Crippen molar-refractivity contribution in [1.29, 1.82) is 0 Å². The second kappa shape index (κ2) is 4.75. The molecule has 2 nitrogen and oxygen atoms in total. The molecule has 2 aromatic rings. The average molecular weight is 285 g/mol. The van der Waals surface area contributed by atoms with E-state index in [1.165, 1.54) is 6.07 Å². The van der Waals surface area contributed by atoms with Gasteiger partial charge in [0.2, 0.25) is 0 Å². The van der Waals surface area contributed by atoms with Crippen molar-refractivity contribution >= 4 is 22.6 Å². The molecule has 1 aliphatic rings. The normalized spacial score (nSPS) is 17.1. The molecule has 1 atom stereocenters. The highest BCUT2D eigenvalue weighted by Crippen LogP contribution is 2.41. The Balaban J connectivity index is 2.23. The van der Waals surface area contributed by atoms with Crippen LogP contribution in [0.15, 0.2) is 12.1 Å². The Hall–Kier alpha value is -1.16. The van der Waals surface area contributed by atoms with Crippen LogP contribution in [0.25, 0.3) is 11.0 Å². The zero-order valence-corrected chi connectivity index (χ0v) is 11.4. The maximum absolute atomic E-state index is 14.1. The molecule has 0 aliphatic heterocycles. The van der Waals surface area contributed by atoms with Gasteiger partial charge in [-0.25, -0.2) is 13.8 Å². The van der Waals surface area contributed by atoms with Gasteiger partial charge in [-0.05, 0) is 37.8 Å². The average Bonchev–Trinajstić information content (AvgIpc) is 3.16. The molecule has 19 heavy (non-hydrogen) atoms. The van der Waals surface area contributed by atoms with Crippen LogP contribution in [0.4, 0.5) is 8.78 Å². The van der Waals surface area contributed by atoms with Crippen molar-refractivity contribution in [3.8, 4) is 0 Å². The molecule has 102 valence electrons. The Morgan fingerprint density at radius 2 is 2.16 bits per heavy atom. The van der Waals surface area contributed by atoms with E-state index >= 15 is 0 Å². The molecule has 0 spiro atoms. The summed E-state index contributed by atoms with van der Waals surface area (Å²) in [5.74, 6) is 0.0700. The fourth-order valence-corrected chi connectivity index (χ4v) is 2.83. The van der Waals surface area contributed by atoms with Crippen LogP contribution in [0.1, 0.15) is 31.6 Å². The van der Waals surface area contributed by atoms with E-state index in [1.54, 1.807) is 0 Å². The predicted octanol–water partition coefficient (Wildman–Crippen LogP) is 4.07. The Labute approximate surface area is 115 Å². The van der Waals surface area contributed by atoms with Crippen molar-refractivity contribution in [2.75, 3.05) is 5.88 Å². The molecule has 1 aromatic heterocycles. The fraction of sp³-hybridized carbons (Fsp3) is 0.500. The van der Waals surface area contributed by atoms with Crippen LogP contribution in [0.5, 0.6) is 0 Å². The second-order valence-electron chi connectivity index (χ2n) is 5.14. The number of halogens is 3. The maximum Gasteiger partial charge on any atom is 0.184 e. The molecule has 1 fully saturated rings. The van der Waals surface area contributed by atoms with Crippen molar-refractivity contribution in [3.05, 3.63) is 29.6 Å². The Morgan fingerprint density at radius 1 is 1.42 bits per heavy atom. The molecule has 0 saturated heterocycles. The van der Waals surface area contributed by atoms with E-state index in [1.807, 2.05) is 11.5 Å². The lowest BCUT2D eigenvalue weighted by atomic mass is 10.2. The van der Waals surface area contributed by atoms with Crippen molar-refractivity contribution in [1.82, 2.24) is 9.55 Å². The van der Waals surface area contributed by atoms with Crippen molar-refractivity contribution in [3.63, 3.8) is 0 Å². The third-order valence-electron chi connectivity index (χ3n) is 3.85. The molecular weight excluding hydrogens is 270 g/mol. The summed E-state index contributed by atoms with van der Waals surface area (Å²) in [5, 5.41) is 0. The Morgan fingerprint density at radius 3 is 2.79 bits per heavy atom. The van der Waals surface area contributed by atoms with Gasteiger partial charge in [0.25, 0.3) is 0 Å². The number of hydrogen-bond donors (Lipinski definition) is 0. The summed E-state index contributed by atoms with van der Waals surface area (Å²) in [6.07, 6.45) is 2.84. The van der Waals surface area contributed by atoms with Crippen LogP contribution in [0.3, 0.4) is 0 Å². The first-order valence-corrected chi connectivity index (χ1v) is 7.07. The van der Waals surface area contributed by atoms with Crippen LogP contribution in [-0.4, -0.2) is 15.4 Å². The third kappa shape index (κ3) is 2.12. The molecule has 5 heteroatoms. The minimum absolute atomic E-state index is 0.138. The van der Waals surface area contributed by atoms with Gasteiger partial charge < -0.3 is 4.57 Å². The van der Waals surface area contributed by atoms with Gasteiger partial charge in [-0.3, -0.25) is 0 Å². The summed E-state index contributed by atoms with van der Waals surface area (Å²) in [6, 6.07) is 2.79. The maximum atomic E-state index is 14.1. The number of aromatic nitrogens is 2. The first kappa shape index (κ1) is 12.9. The number of aryl methyl sites for hydroxylation is 1. The van der Waals surface area contributed by atoms with Crippen molar-refractivity contribution in [2.24, 2.45) is 5.92 Å². The second-order valence-corrected chi connectivity index (χ2v) is 5.52. The molecule has 0 N–H and O–H groups in total. The Kier molecular flexibility index (Phi) is 3.21. The minimum atomic E-state index is -0.825. The van der Waals surface area contributed by atoms with Gasteiger partial charge in [-0.2, -0.15) is 0 Å². The van der Waals surface area contributed by atoms with Gasteiger partial charge in [-0.15, -0.1) is 11.6 Å². The molecule has 3 rings (SSSR count). The van der Waals surface area contributed by atoms with Gasteiger partial charge in [0.05, 0.1) is 5.52 Å². The smallest absolute Gasteiger partial charge is 0.184 e. The monoisotopic (exact) mass is 284 g/mol. The number of fused-ring (bicyclic) bond motifs is 1. The van der Waals surface area contributed by atoms with Gasteiger partial charge in [0.1, 0.15) is 11.3 Å². The number of rotatable bonds is 4. The third-order valence-corrected chi connectivity index (χ3v) is 4.03. The first-order chi connectivity index (χ1) is 9.13. The number of imidazole rings is 1. The highest BCUT2D eigenvalue weighted by molar-refractivity contribution is 6.17. The van der Waals surface area contributed by atoms with Gasteiger partial charge in [0.15, 0.2) is 11.6 Å². The van der Waals surface area contributed by atoms with Gasteiger partial charge >= 0.3 is 0 Å². The topological polar surface area (TPSA) is 17.8 Å². The number of hydrogen-bond acceptors (Lipinski definition) is 1. The summed E-state index contributed by atoms with van der Waals surface area (Å²) < 4.78 is 29.4.